The standard InChI is InChI=1S/C19H24N4O5/c1-18(5-7-19(2,8-6-18)17(27)28-3)11-20-15(24)13-10-12(16(25)26)22-14-4-9-21-23(13)14/h4,9-10H,5-8,11H2,1-3H3,(H,20,24)(H,25,26). The number of rotatable bonds is 5. The van der Waals surface area contributed by atoms with Gasteiger partial charge in [0.25, 0.3) is 5.91 Å². The van der Waals surface area contributed by atoms with E-state index in [-0.39, 0.29) is 22.8 Å². The molecule has 2 aromatic rings. The third kappa shape index (κ3) is 3.69. The number of carbonyl (C=O) groups excluding carboxylic acids is 2. The Balaban J connectivity index is 1.71. The minimum absolute atomic E-state index is 0.117. The molecule has 9 nitrogen and oxygen atoms in total. The number of hydrogen-bond acceptors (Lipinski definition) is 6. The van der Waals surface area contributed by atoms with Crippen molar-refractivity contribution in [3.63, 3.8) is 0 Å². The van der Waals surface area contributed by atoms with Crippen LogP contribution in [0.5, 0.6) is 0 Å². The van der Waals surface area contributed by atoms with Crippen molar-refractivity contribution in [2.45, 2.75) is 39.5 Å². The van der Waals surface area contributed by atoms with E-state index >= 15 is 0 Å². The molecule has 150 valence electrons. The molecule has 2 heterocycles. The molecular formula is C19H24N4O5. The van der Waals surface area contributed by atoms with E-state index < -0.39 is 17.3 Å². The van der Waals surface area contributed by atoms with Crippen LogP contribution in [0.4, 0.5) is 0 Å². The normalized spacial score (nSPS) is 24.7. The summed E-state index contributed by atoms with van der Waals surface area (Å²) in [5.41, 5.74) is -0.444. The fourth-order valence-corrected chi connectivity index (χ4v) is 3.60. The van der Waals surface area contributed by atoms with Gasteiger partial charge in [-0.1, -0.05) is 6.92 Å². The second-order valence-electron chi connectivity index (χ2n) is 7.98. The molecule has 9 heteroatoms. The van der Waals surface area contributed by atoms with Gasteiger partial charge in [-0.25, -0.2) is 14.3 Å². The number of nitrogens with zero attached hydrogens (tertiary/aromatic N) is 3. The highest BCUT2D eigenvalue weighted by Gasteiger charge is 2.42. The fourth-order valence-electron chi connectivity index (χ4n) is 3.60. The van der Waals surface area contributed by atoms with Crippen molar-refractivity contribution in [2.24, 2.45) is 10.8 Å². The Morgan fingerprint density at radius 2 is 1.93 bits per heavy atom. The molecule has 1 fully saturated rings. The third-order valence-electron chi connectivity index (χ3n) is 5.73. The zero-order valence-electron chi connectivity index (χ0n) is 16.2. The summed E-state index contributed by atoms with van der Waals surface area (Å²) >= 11 is 0. The molecule has 2 aromatic heterocycles. The molecule has 1 aliphatic rings. The van der Waals surface area contributed by atoms with E-state index in [1.807, 2.05) is 6.92 Å². The van der Waals surface area contributed by atoms with Crippen LogP contribution in [0.1, 0.15) is 60.5 Å². The van der Waals surface area contributed by atoms with Crippen molar-refractivity contribution in [3.8, 4) is 0 Å². The average Bonchev–Trinajstić information content (AvgIpc) is 3.16. The Kier molecular flexibility index (Phi) is 5.10. The lowest BCUT2D eigenvalue weighted by atomic mass is 9.65. The Morgan fingerprint density at radius 1 is 1.25 bits per heavy atom. The van der Waals surface area contributed by atoms with Gasteiger partial charge < -0.3 is 15.2 Å². The van der Waals surface area contributed by atoms with Gasteiger partial charge in [-0.3, -0.25) is 9.59 Å². The molecular weight excluding hydrogens is 364 g/mol. The zero-order valence-corrected chi connectivity index (χ0v) is 16.2. The number of aromatic nitrogens is 3. The highest BCUT2D eigenvalue weighted by Crippen LogP contribution is 2.45. The monoisotopic (exact) mass is 388 g/mol. The predicted octanol–water partition coefficient (Wildman–Crippen LogP) is 1.92. The van der Waals surface area contributed by atoms with Crippen LogP contribution < -0.4 is 5.32 Å². The minimum Gasteiger partial charge on any atom is -0.477 e. The lowest BCUT2D eigenvalue weighted by molar-refractivity contribution is -0.155. The number of nitrogens with one attached hydrogen (secondary N) is 1. The van der Waals surface area contributed by atoms with E-state index in [0.29, 0.717) is 25.0 Å². The van der Waals surface area contributed by atoms with Crippen LogP contribution in [0.25, 0.3) is 5.65 Å². The van der Waals surface area contributed by atoms with Gasteiger partial charge in [0.1, 0.15) is 5.69 Å². The van der Waals surface area contributed by atoms with Gasteiger partial charge in [0.2, 0.25) is 0 Å². The van der Waals surface area contributed by atoms with Gasteiger partial charge in [0.05, 0.1) is 18.7 Å². The lowest BCUT2D eigenvalue weighted by Gasteiger charge is -2.41. The molecule has 0 aliphatic heterocycles. The van der Waals surface area contributed by atoms with Crippen molar-refractivity contribution in [1.29, 1.82) is 0 Å². The summed E-state index contributed by atoms with van der Waals surface area (Å²) in [4.78, 5) is 39.9. The van der Waals surface area contributed by atoms with Gasteiger partial charge >= 0.3 is 11.9 Å². The van der Waals surface area contributed by atoms with Gasteiger partial charge in [0, 0.05) is 18.7 Å². The summed E-state index contributed by atoms with van der Waals surface area (Å²) in [6.07, 6.45) is 4.38. The summed E-state index contributed by atoms with van der Waals surface area (Å²) in [5, 5.41) is 16.2. The number of amides is 1. The molecule has 1 saturated carbocycles. The Labute approximate surface area is 162 Å². The van der Waals surface area contributed by atoms with Gasteiger partial charge in [-0.05, 0) is 38.0 Å². The van der Waals surface area contributed by atoms with Crippen LogP contribution in [0.15, 0.2) is 18.3 Å². The summed E-state index contributed by atoms with van der Waals surface area (Å²) in [5.74, 6) is -1.82. The first-order valence-electron chi connectivity index (χ1n) is 9.12. The molecule has 0 unspecified atom stereocenters. The number of fused-ring (bicyclic) bond motifs is 1. The molecule has 28 heavy (non-hydrogen) atoms. The van der Waals surface area contributed by atoms with Gasteiger partial charge in [-0.2, -0.15) is 5.10 Å². The molecule has 1 aliphatic carbocycles. The van der Waals surface area contributed by atoms with Crippen LogP contribution in [0, 0.1) is 10.8 Å². The number of carboxylic acids is 1. The summed E-state index contributed by atoms with van der Waals surface area (Å²) in [6.45, 7) is 4.40. The van der Waals surface area contributed by atoms with Gasteiger partial charge in [0.15, 0.2) is 11.3 Å². The molecule has 0 aromatic carbocycles. The van der Waals surface area contributed by atoms with E-state index in [9.17, 15) is 19.5 Å². The maximum absolute atomic E-state index is 12.7. The first-order valence-corrected chi connectivity index (χ1v) is 9.12. The topological polar surface area (TPSA) is 123 Å². The van der Waals surface area contributed by atoms with E-state index in [4.69, 9.17) is 4.74 Å². The van der Waals surface area contributed by atoms with Crippen LogP contribution in [0.3, 0.4) is 0 Å². The molecule has 3 rings (SSSR count). The quantitative estimate of drug-likeness (QED) is 0.750. The number of ether oxygens (including phenoxy) is 1. The molecule has 1 amide bonds. The number of hydrogen-bond donors (Lipinski definition) is 2. The molecule has 0 spiro atoms. The van der Waals surface area contributed by atoms with Crippen LogP contribution in [-0.2, 0) is 9.53 Å². The summed E-state index contributed by atoms with van der Waals surface area (Å²) in [7, 11) is 1.40. The Hall–Kier alpha value is -2.97. The minimum atomic E-state index is -1.21. The third-order valence-corrected chi connectivity index (χ3v) is 5.73. The lowest BCUT2D eigenvalue weighted by Crippen LogP contribution is -2.43. The second-order valence-corrected chi connectivity index (χ2v) is 7.98. The maximum Gasteiger partial charge on any atom is 0.354 e. The zero-order chi connectivity index (χ0) is 20.5. The number of esters is 1. The SMILES string of the molecule is COC(=O)C1(C)CCC(C)(CNC(=O)c2cc(C(=O)O)nc3ccnn23)CC1. The van der Waals surface area contributed by atoms with E-state index in [1.54, 1.807) is 6.07 Å². The van der Waals surface area contributed by atoms with Gasteiger partial charge in [-0.15, -0.1) is 0 Å². The van der Waals surface area contributed by atoms with Crippen molar-refractivity contribution < 1.29 is 24.2 Å². The van der Waals surface area contributed by atoms with Crippen molar-refractivity contribution in [3.05, 3.63) is 29.7 Å². The van der Waals surface area contributed by atoms with Crippen LogP contribution in [-0.4, -0.2) is 51.2 Å². The summed E-state index contributed by atoms with van der Waals surface area (Å²) in [6, 6.07) is 2.76. The molecule has 2 N–H and O–H groups in total. The van der Waals surface area contributed by atoms with E-state index in [0.717, 1.165) is 12.8 Å². The number of methoxy groups -OCH3 is 1. The summed E-state index contributed by atoms with van der Waals surface area (Å²) < 4.78 is 6.23. The molecule has 0 atom stereocenters. The number of carbonyl (C=O) groups is 3. The smallest absolute Gasteiger partial charge is 0.354 e. The first-order chi connectivity index (χ1) is 13.2. The second kappa shape index (κ2) is 7.21. The number of aromatic carboxylic acids is 1. The van der Waals surface area contributed by atoms with Crippen molar-refractivity contribution >= 4 is 23.5 Å². The Morgan fingerprint density at radius 3 is 2.54 bits per heavy atom. The molecule has 0 saturated heterocycles. The first kappa shape index (κ1) is 19.8. The number of carboxylic acid groups (broad SMARTS) is 1. The van der Waals surface area contributed by atoms with Crippen molar-refractivity contribution in [1.82, 2.24) is 19.9 Å². The largest absolute Gasteiger partial charge is 0.477 e. The average molecular weight is 388 g/mol. The van der Waals surface area contributed by atoms with E-state index in [1.165, 1.54) is 23.9 Å². The highest BCUT2D eigenvalue weighted by molar-refractivity contribution is 5.96. The fraction of sp³-hybridized carbons (Fsp3) is 0.526. The van der Waals surface area contributed by atoms with Crippen molar-refractivity contribution in [2.75, 3.05) is 13.7 Å². The molecule has 0 radical (unpaired) electrons. The Bertz CT molecular complexity index is 928. The van der Waals surface area contributed by atoms with E-state index in [2.05, 4.69) is 22.3 Å². The van der Waals surface area contributed by atoms with Crippen LogP contribution in [0.2, 0.25) is 0 Å². The maximum atomic E-state index is 12.7. The molecule has 0 bridgehead atoms. The predicted molar refractivity (Wildman–Crippen MR) is 99.0 cm³/mol. The van der Waals surface area contributed by atoms with Crippen LogP contribution >= 0.6 is 0 Å². The highest BCUT2D eigenvalue weighted by atomic mass is 16.5.